The number of halogens is 2. The third-order valence-electron chi connectivity index (χ3n) is 2.65. The first-order chi connectivity index (χ1) is 8.56. The van der Waals surface area contributed by atoms with Crippen molar-refractivity contribution in [2.45, 2.75) is 17.6 Å². The lowest BCUT2D eigenvalue weighted by Gasteiger charge is -2.07. The summed E-state index contributed by atoms with van der Waals surface area (Å²) in [5.74, 6) is -0.0761. The summed E-state index contributed by atoms with van der Waals surface area (Å²) >= 11 is 1.33. The van der Waals surface area contributed by atoms with Crippen molar-refractivity contribution in [1.29, 1.82) is 0 Å². The van der Waals surface area contributed by atoms with E-state index in [4.69, 9.17) is 5.73 Å². The Balaban J connectivity index is 2.13. The molecule has 0 aliphatic rings. The number of aryl methyl sites for hydroxylation is 1. The zero-order chi connectivity index (χ0) is 13.1. The molecule has 2 N–H and O–H groups in total. The summed E-state index contributed by atoms with van der Waals surface area (Å²) in [6, 6.07) is 9.23. The van der Waals surface area contributed by atoms with Gasteiger partial charge >= 0.3 is 0 Å². The first kappa shape index (κ1) is 12.9. The highest BCUT2D eigenvalue weighted by molar-refractivity contribution is 7.98. The molecule has 0 radical (unpaired) electrons. The SMILES string of the molecule is Cc1ccc(F)cc1CSc1ccc(N)cc1F. The minimum Gasteiger partial charge on any atom is -0.399 e. The van der Waals surface area contributed by atoms with Gasteiger partial charge < -0.3 is 5.73 Å². The van der Waals surface area contributed by atoms with E-state index in [1.807, 2.05) is 6.92 Å². The van der Waals surface area contributed by atoms with Crippen LogP contribution in [0.15, 0.2) is 41.3 Å². The molecule has 0 aliphatic heterocycles. The van der Waals surface area contributed by atoms with Crippen LogP contribution in [0.1, 0.15) is 11.1 Å². The number of thioether (sulfide) groups is 1. The Morgan fingerprint density at radius 1 is 1.11 bits per heavy atom. The average molecular weight is 265 g/mol. The molecule has 2 aromatic carbocycles. The summed E-state index contributed by atoms with van der Waals surface area (Å²) in [5.41, 5.74) is 7.75. The molecular formula is C14H13F2NS. The van der Waals surface area contributed by atoms with Gasteiger partial charge in [-0.1, -0.05) is 6.07 Å². The molecule has 0 bridgehead atoms. The molecule has 4 heteroatoms. The molecule has 18 heavy (non-hydrogen) atoms. The van der Waals surface area contributed by atoms with Crippen LogP contribution in [0.25, 0.3) is 0 Å². The van der Waals surface area contributed by atoms with Crippen molar-refractivity contribution in [3.05, 3.63) is 59.2 Å². The van der Waals surface area contributed by atoms with E-state index in [1.54, 1.807) is 18.2 Å². The molecule has 0 amide bonds. The van der Waals surface area contributed by atoms with Gasteiger partial charge in [-0.25, -0.2) is 8.78 Å². The number of nitrogens with two attached hydrogens (primary N) is 1. The molecule has 0 heterocycles. The lowest BCUT2D eigenvalue weighted by Crippen LogP contribution is -1.91. The Labute approximate surface area is 109 Å². The van der Waals surface area contributed by atoms with Gasteiger partial charge in [0.25, 0.3) is 0 Å². The Kier molecular flexibility index (Phi) is 3.87. The smallest absolute Gasteiger partial charge is 0.138 e. The number of anilines is 1. The molecule has 1 nitrogen and oxygen atoms in total. The van der Waals surface area contributed by atoms with Crippen LogP contribution in [0, 0.1) is 18.6 Å². The molecule has 0 fully saturated rings. The molecule has 0 aliphatic carbocycles. The van der Waals surface area contributed by atoms with Crippen LogP contribution < -0.4 is 5.73 Å². The molecule has 0 atom stereocenters. The largest absolute Gasteiger partial charge is 0.399 e. The van der Waals surface area contributed by atoms with E-state index in [2.05, 4.69) is 0 Å². The molecule has 94 valence electrons. The standard InChI is InChI=1S/C14H13F2NS/c1-9-2-3-11(15)6-10(9)8-18-14-5-4-12(17)7-13(14)16/h2-7H,8,17H2,1H3. The lowest BCUT2D eigenvalue weighted by atomic mass is 10.1. The van der Waals surface area contributed by atoms with Crippen LogP contribution in [-0.4, -0.2) is 0 Å². The van der Waals surface area contributed by atoms with Gasteiger partial charge in [0, 0.05) is 16.3 Å². The van der Waals surface area contributed by atoms with Gasteiger partial charge in [0.15, 0.2) is 0 Å². The van der Waals surface area contributed by atoms with Crippen molar-refractivity contribution in [1.82, 2.24) is 0 Å². The van der Waals surface area contributed by atoms with Crippen molar-refractivity contribution in [3.8, 4) is 0 Å². The topological polar surface area (TPSA) is 26.0 Å². The van der Waals surface area contributed by atoms with Gasteiger partial charge in [-0.05, 0) is 48.4 Å². The summed E-state index contributed by atoms with van der Waals surface area (Å²) in [6.45, 7) is 1.91. The van der Waals surface area contributed by atoms with Crippen LogP contribution >= 0.6 is 11.8 Å². The van der Waals surface area contributed by atoms with Crippen LogP contribution in [0.3, 0.4) is 0 Å². The molecule has 2 rings (SSSR count). The molecule has 2 aromatic rings. The van der Waals surface area contributed by atoms with E-state index in [9.17, 15) is 8.78 Å². The van der Waals surface area contributed by atoms with Gasteiger partial charge in [0.2, 0.25) is 0 Å². The van der Waals surface area contributed by atoms with Gasteiger partial charge in [-0.2, -0.15) is 0 Å². The Hall–Kier alpha value is -1.55. The number of nitrogen functional groups attached to an aromatic ring is 1. The van der Waals surface area contributed by atoms with Crippen molar-refractivity contribution < 1.29 is 8.78 Å². The normalized spacial score (nSPS) is 10.6. The van der Waals surface area contributed by atoms with Crippen LogP contribution in [0.5, 0.6) is 0 Å². The van der Waals surface area contributed by atoms with Gasteiger partial charge in [0.1, 0.15) is 11.6 Å². The molecular weight excluding hydrogens is 252 g/mol. The second kappa shape index (κ2) is 5.40. The summed E-state index contributed by atoms with van der Waals surface area (Å²) in [5, 5.41) is 0. The molecule has 0 saturated carbocycles. The Bertz CT molecular complexity index is 570. The second-order valence-corrected chi connectivity index (χ2v) is 5.07. The van der Waals surface area contributed by atoms with Crippen molar-refractivity contribution in [2.24, 2.45) is 0 Å². The summed E-state index contributed by atoms with van der Waals surface area (Å²) in [6.07, 6.45) is 0. The minimum atomic E-state index is -0.339. The molecule has 0 spiro atoms. The van der Waals surface area contributed by atoms with E-state index in [0.717, 1.165) is 11.1 Å². The number of rotatable bonds is 3. The Morgan fingerprint density at radius 2 is 1.89 bits per heavy atom. The molecule has 0 aromatic heterocycles. The average Bonchev–Trinajstić information content (AvgIpc) is 2.32. The van der Waals surface area contributed by atoms with E-state index in [-0.39, 0.29) is 11.6 Å². The summed E-state index contributed by atoms with van der Waals surface area (Å²) < 4.78 is 26.7. The number of hydrogen-bond donors (Lipinski definition) is 1. The predicted molar refractivity (Wildman–Crippen MR) is 71.5 cm³/mol. The molecule has 0 saturated heterocycles. The maximum Gasteiger partial charge on any atom is 0.138 e. The maximum absolute atomic E-state index is 13.6. The highest BCUT2D eigenvalue weighted by Crippen LogP contribution is 2.28. The predicted octanol–water partition coefficient (Wildman–Crippen LogP) is 4.15. The van der Waals surface area contributed by atoms with Crippen LogP contribution in [0.4, 0.5) is 14.5 Å². The number of benzene rings is 2. The first-order valence-corrected chi connectivity index (χ1v) is 6.47. The van der Waals surface area contributed by atoms with E-state index < -0.39 is 0 Å². The Morgan fingerprint density at radius 3 is 2.61 bits per heavy atom. The monoisotopic (exact) mass is 265 g/mol. The van der Waals surface area contributed by atoms with Crippen molar-refractivity contribution >= 4 is 17.4 Å². The molecule has 0 unspecified atom stereocenters. The fraction of sp³-hybridized carbons (Fsp3) is 0.143. The minimum absolute atomic E-state index is 0.269. The van der Waals surface area contributed by atoms with Crippen molar-refractivity contribution in [2.75, 3.05) is 5.73 Å². The van der Waals surface area contributed by atoms with Crippen LogP contribution in [0.2, 0.25) is 0 Å². The first-order valence-electron chi connectivity index (χ1n) is 5.49. The second-order valence-electron chi connectivity index (χ2n) is 4.05. The third-order valence-corrected chi connectivity index (χ3v) is 3.75. The van der Waals surface area contributed by atoms with E-state index in [1.165, 1.54) is 30.0 Å². The lowest BCUT2D eigenvalue weighted by molar-refractivity contribution is 0.602. The summed E-state index contributed by atoms with van der Waals surface area (Å²) in [7, 11) is 0. The fourth-order valence-corrected chi connectivity index (χ4v) is 2.57. The highest BCUT2D eigenvalue weighted by Gasteiger charge is 2.06. The van der Waals surface area contributed by atoms with Gasteiger partial charge in [0.05, 0.1) is 0 Å². The zero-order valence-corrected chi connectivity index (χ0v) is 10.7. The highest BCUT2D eigenvalue weighted by atomic mass is 32.2. The summed E-state index contributed by atoms with van der Waals surface area (Å²) in [4.78, 5) is 0.521. The van der Waals surface area contributed by atoms with Gasteiger partial charge in [-0.3, -0.25) is 0 Å². The van der Waals surface area contributed by atoms with E-state index in [0.29, 0.717) is 16.3 Å². The van der Waals surface area contributed by atoms with Gasteiger partial charge in [-0.15, -0.1) is 11.8 Å². The van der Waals surface area contributed by atoms with E-state index >= 15 is 0 Å². The van der Waals surface area contributed by atoms with Crippen LogP contribution in [-0.2, 0) is 5.75 Å². The third kappa shape index (κ3) is 3.01. The maximum atomic E-state index is 13.6. The zero-order valence-electron chi connectivity index (χ0n) is 9.91. The quantitative estimate of drug-likeness (QED) is 0.666. The number of hydrogen-bond acceptors (Lipinski definition) is 2. The fourth-order valence-electron chi connectivity index (χ4n) is 1.59. The van der Waals surface area contributed by atoms with Crippen molar-refractivity contribution in [3.63, 3.8) is 0 Å².